The highest BCUT2D eigenvalue weighted by Gasteiger charge is 2.17. The highest BCUT2D eigenvalue weighted by molar-refractivity contribution is 6.04. The van der Waals surface area contributed by atoms with Crippen LogP contribution < -0.4 is 10.1 Å². The van der Waals surface area contributed by atoms with Crippen molar-refractivity contribution in [1.29, 1.82) is 0 Å². The normalized spacial score (nSPS) is 10.8. The molecule has 1 heterocycles. The third-order valence-electron chi connectivity index (χ3n) is 5.12. The van der Waals surface area contributed by atoms with Gasteiger partial charge in [0.25, 0.3) is 5.91 Å². The first-order valence-corrected chi connectivity index (χ1v) is 11.0. The Morgan fingerprint density at radius 3 is 2.47 bits per heavy atom. The van der Waals surface area contributed by atoms with Gasteiger partial charge in [-0.1, -0.05) is 36.4 Å². The zero-order chi connectivity index (χ0) is 23.9. The average molecular weight is 461 g/mol. The highest BCUT2D eigenvalue weighted by Crippen LogP contribution is 2.27. The Labute approximate surface area is 197 Å². The predicted octanol–water partition coefficient (Wildman–Crippen LogP) is 5.05. The Hall–Kier alpha value is -4.04. The van der Waals surface area contributed by atoms with Gasteiger partial charge in [0.05, 0.1) is 17.9 Å². The first kappa shape index (κ1) is 23.1. The van der Waals surface area contributed by atoms with E-state index in [4.69, 9.17) is 9.47 Å². The van der Waals surface area contributed by atoms with Crippen LogP contribution in [-0.4, -0.2) is 40.5 Å². The molecule has 0 aliphatic rings. The second-order valence-electron chi connectivity index (χ2n) is 7.47. The van der Waals surface area contributed by atoms with Gasteiger partial charge in [-0.05, 0) is 55.8 Å². The second kappa shape index (κ2) is 10.7. The maximum Gasteiger partial charge on any atom is 0.336 e. The molecule has 8 heteroatoms. The zero-order valence-electron chi connectivity index (χ0n) is 19.0. The van der Waals surface area contributed by atoms with Crippen molar-refractivity contribution >= 4 is 11.6 Å². The number of halogens is 1. The van der Waals surface area contributed by atoms with Crippen LogP contribution in [0.3, 0.4) is 0 Å². The Morgan fingerprint density at radius 1 is 1.00 bits per heavy atom. The summed E-state index contributed by atoms with van der Waals surface area (Å²) < 4.78 is 26.6. The minimum atomic E-state index is -0.570. The lowest BCUT2D eigenvalue weighted by Crippen LogP contribution is -2.13. The van der Waals surface area contributed by atoms with Gasteiger partial charge in [-0.25, -0.2) is 9.07 Å². The van der Waals surface area contributed by atoms with E-state index in [1.807, 2.05) is 38.1 Å². The lowest BCUT2D eigenvalue weighted by atomic mass is 10.1. The topological polar surface area (TPSA) is 78.3 Å². The molecule has 7 nitrogen and oxygen atoms in total. The van der Waals surface area contributed by atoms with E-state index in [2.05, 4.69) is 15.4 Å². The van der Waals surface area contributed by atoms with E-state index in [1.54, 1.807) is 41.1 Å². The van der Waals surface area contributed by atoms with E-state index in [1.165, 1.54) is 12.1 Å². The van der Waals surface area contributed by atoms with E-state index in [0.29, 0.717) is 31.3 Å². The van der Waals surface area contributed by atoms with Gasteiger partial charge in [0.1, 0.15) is 12.4 Å². The molecule has 0 aliphatic heterocycles. The summed E-state index contributed by atoms with van der Waals surface area (Å²) in [5, 5.41) is 7.25. The maximum atomic E-state index is 13.9. The summed E-state index contributed by atoms with van der Waals surface area (Å²) >= 11 is 0. The van der Waals surface area contributed by atoms with Crippen LogP contribution in [-0.2, 0) is 4.74 Å². The van der Waals surface area contributed by atoms with Crippen LogP contribution in [0.1, 0.15) is 22.8 Å². The smallest absolute Gasteiger partial charge is 0.336 e. The van der Waals surface area contributed by atoms with Crippen molar-refractivity contribution in [2.45, 2.75) is 13.8 Å². The zero-order valence-corrected chi connectivity index (χ0v) is 19.0. The number of rotatable bonds is 9. The highest BCUT2D eigenvalue weighted by atomic mass is 19.1. The summed E-state index contributed by atoms with van der Waals surface area (Å²) in [7, 11) is 0. The Morgan fingerprint density at radius 2 is 1.74 bits per heavy atom. The molecule has 34 heavy (non-hydrogen) atoms. The SMILES string of the molecule is CCOCCOc1nc(-c2ccccc2C)n(-c2ccc(NC(=O)c3ccccc3F)cc2)n1. The molecule has 1 aromatic heterocycles. The number of aromatic nitrogens is 3. The second-order valence-corrected chi connectivity index (χ2v) is 7.47. The molecule has 0 spiro atoms. The molecule has 0 radical (unpaired) electrons. The maximum absolute atomic E-state index is 13.9. The number of ether oxygens (including phenoxy) is 2. The first-order chi connectivity index (χ1) is 16.6. The van der Waals surface area contributed by atoms with Crippen LogP contribution in [0.2, 0.25) is 0 Å². The van der Waals surface area contributed by atoms with Crippen molar-refractivity contribution in [3.8, 4) is 23.1 Å². The lowest BCUT2D eigenvalue weighted by Gasteiger charge is -2.10. The third kappa shape index (κ3) is 5.29. The van der Waals surface area contributed by atoms with Crippen molar-refractivity contribution in [3.63, 3.8) is 0 Å². The molecular weight excluding hydrogens is 435 g/mol. The molecule has 0 aliphatic carbocycles. The average Bonchev–Trinajstić information content (AvgIpc) is 3.27. The summed E-state index contributed by atoms with van der Waals surface area (Å²) in [5.41, 5.74) is 3.22. The molecule has 4 rings (SSSR count). The van der Waals surface area contributed by atoms with E-state index < -0.39 is 11.7 Å². The number of carbonyl (C=O) groups excluding carboxylic acids is 1. The van der Waals surface area contributed by atoms with Gasteiger partial charge in [0.15, 0.2) is 5.82 Å². The van der Waals surface area contributed by atoms with Crippen molar-refractivity contribution < 1.29 is 18.7 Å². The molecule has 0 saturated heterocycles. The molecule has 0 fully saturated rings. The van der Waals surface area contributed by atoms with Gasteiger partial charge in [0.2, 0.25) is 0 Å². The van der Waals surface area contributed by atoms with Crippen LogP contribution in [0.15, 0.2) is 72.8 Å². The summed E-state index contributed by atoms with van der Waals surface area (Å²) in [6.45, 7) is 5.32. The van der Waals surface area contributed by atoms with Crippen LogP contribution in [0, 0.1) is 12.7 Å². The number of aryl methyl sites for hydroxylation is 1. The Balaban J connectivity index is 1.60. The van der Waals surface area contributed by atoms with Crippen LogP contribution in [0.5, 0.6) is 6.01 Å². The van der Waals surface area contributed by atoms with E-state index >= 15 is 0 Å². The molecule has 1 N–H and O–H groups in total. The fourth-order valence-corrected chi connectivity index (χ4v) is 3.40. The molecular formula is C26H25FN4O3. The molecule has 174 valence electrons. The van der Waals surface area contributed by atoms with Crippen LogP contribution in [0.25, 0.3) is 17.1 Å². The van der Waals surface area contributed by atoms with Crippen LogP contribution >= 0.6 is 0 Å². The first-order valence-electron chi connectivity index (χ1n) is 11.0. The third-order valence-corrected chi connectivity index (χ3v) is 5.12. The quantitative estimate of drug-likeness (QED) is 0.354. The fraction of sp³-hybridized carbons (Fsp3) is 0.192. The van der Waals surface area contributed by atoms with E-state index in [-0.39, 0.29) is 11.6 Å². The number of hydrogen-bond donors (Lipinski definition) is 1. The fourth-order valence-electron chi connectivity index (χ4n) is 3.40. The number of nitrogens with zero attached hydrogens (tertiary/aromatic N) is 3. The van der Waals surface area contributed by atoms with E-state index in [9.17, 15) is 9.18 Å². The molecule has 4 aromatic rings. The summed E-state index contributed by atoms with van der Waals surface area (Å²) in [5.74, 6) is -0.455. The molecule has 1 amide bonds. The van der Waals surface area contributed by atoms with Crippen molar-refractivity contribution in [2.75, 3.05) is 25.1 Å². The number of carbonyl (C=O) groups is 1. The molecule has 0 atom stereocenters. The largest absolute Gasteiger partial charge is 0.460 e. The van der Waals surface area contributed by atoms with Gasteiger partial charge in [-0.15, -0.1) is 5.10 Å². The number of benzene rings is 3. The number of amides is 1. The van der Waals surface area contributed by atoms with Gasteiger partial charge >= 0.3 is 6.01 Å². The van der Waals surface area contributed by atoms with Gasteiger partial charge in [-0.2, -0.15) is 4.98 Å². The van der Waals surface area contributed by atoms with Gasteiger partial charge in [0, 0.05) is 17.9 Å². The predicted molar refractivity (Wildman–Crippen MR) is 128 cm³/mol. The minimum absolute atomic E-state index is 0.0152. The molecule has 0 unspecified atom stereocenters. The number of nitrogens with one attached hydrogen (secondary N) is 1. The van der Waals surface area contributed by atoms with Gasteiger partial charge < -0.3 is 14.8 Å². The molecule has 0 saturated carbocycles. The van der Waals surface area contributed by atoms with Crippen molar-refractivity contribution in [2.24, 2.45) is 0 Å². The summed E-state index contributed by atoms with van der Waals surface area (Å²) in [4.78, 5) is 17.0. The van der Waals surface area contributed by atoms with Gasteiger partial charge in [-0.3, -0.25) is 4.79 Å². The van der Waals surface area contributed by atoms with E-state index in [0.717, 1.165) is 16.8 Å². The number of anilines is 1. The standard InChI is InChI=1S/C26H25FN4O3/c1-3-33-16-17-34-26-29-24(21-9-5-4-8-18(21)2)31(30-26)20-14-12-19(13-15-20)28-25(32)22-10-6-7-11-23(22)27/h4-15H,3,16-17H2,1-2H3,(H,28,32). The van der Waals surface area contributed by atoms with Crippen molar-refractivity contribution in [3.05, 3.63) is 89.7 Å². The Bertz CT molecular complexity index is 1270. The number of hydrogen-bond acceptors (Lipinski definition) is 5. The monoisotopic (exact) mass is 460 g/mol. The molecule has 0 bridgehead atoms. The minimum Gasteiger partial charge on any atom is -0.460 e. The Kier molecular flexibility index (Phi) is 7.29. The summed E-state index contributed by atoms with van der Waals surface area (Å²) in [6.07, 6.45) is 0. The van der Waals surface area contributed by atoms with Crippen LogP contribution in [0.4, 0.5) is 10.1 Å². The lowest BCUT2D eigenvalue weighted by molar-refractivity contribution is 0.102. The van der Waals surface area contributed by atoms with Crippen molar-refractivity contribution in [1.82, 2.24) is 14.8 Å². The summed E-state index contributed by atoms with van der Waals surface area (Å²) in [6, 6.07) is 21.1. The molecule has 3 aromatic carbocycles.